The molecule has 1 atom stereocenters. The molecule has 0 saturated carbocycles. The Morgan fingerprint density at radius 3 is 3.00 bits per heavy atom. The number of hydrogen-bond donors (Lipinski definition) is 1. The van der Waals surface area contributed by atoms with E-state index < -0.39 is 0 Å². The van der Waals surface area contributed by atoms with Crippen LogP contribution in [0.2, 0.25) is 0 Å². The summed E-state index contributed by atoms with van der Waals surface area (Å²) in [5, 5.41) is 7.70. The Morgan fingerprint density at radius 1 is 1.33 bits per heavy atom. The predicted molar refractivity (Wildman–Crippen MR) is 67.1 cm³/mol. The Labute approximate surface area is 106 Å². The number of aromatic nitrogens is 3. The van der Waals surface area contributed by atoms with Crippen LogP contribution in [-0.4, -0.2) is 34.5 Å². The van der Waals surface area contributed by atoms with Gasteiger partial charge in [0.05, 0.1) is 25.8 Å². The van der Waals surface area contributed by atoms with Gasteiger partial charge in [-0.3, -0.25) is 0 Å². The molecule has 0 amide bonds. The van der Waals surface area contributed by atoms with Gasteiger partial charge < -0.3 is 10.1 Å². The van der Waals surface area contributed by atoms with E-state index in [9.17, 15) is 0 Å². The molecular weight excluding hydrogens is 228 g/mol. The third-order valence-corrected chi connectivity index (χ3v) is 3.05. The number of rotatable bonds is 3. The van der Waals surface area contributed by atoms with E-state index in [1.54, 1.807) is 6.33 Å². The van der Waals surface area contributed by atoms with E-state index in [2.05, 4.69) is 27.5 Å². The van der Waals surface area contributed by atoms with Crippen molar-refractivity contribution < 1.29 is 4.74 Å². The van der Waals surface area contributed by atoms with Gasteiger partial charge in [0.2, 0.25) is 0 Å². The van der Waals surface area contributed by atoms with Crippen LogP contribution in [0.15, 0.2) is 36.7 Å². The van der Waals surface area contributed by atoms with Crippen molar-refractivity contribution in [3.05, 3.63) is 48.0 Å². The van der Waals surface area contributed by atoms with E-state index in [4.69, 9.17) is 4.74 Å². The number of nitrogens with one attached hydrogen (secondary N) is 1. The summed E-state index contributed by atoms with van der Waals surface area (Å²) < 4.78 is 7.40. The van der Waals surface area contributed by atoms with Gasteiger partial charge >= 0.3 is 0 Å². The monoisotopic (exact) mass is 244 g/mol. The fourth-order valence-corrected chi connectivity index (χ4v) is 2.15. The molecule has 0 radical (unpaired) electrons. The topological polar surface area (TPSA) is 52.0 Å². The Kier molecular flexibility index (Phi) is 3.34. The second kappa shape index (κ2) is 5.29. The molecule has 5 nitrogen and oxygen atoms in total. The zero-order chi connectivity index (χ0) is 12.2. The maximum Gasteiger partial charge on any atom is 0.146 e. The van der Waals surface area contributed by atoms with Crippen molar-refractivity contribution in [1.82, 2.24) is 20.1 Å². The van der Waals surface area contributed by atoms with Gasteiger partial charge in [-0.25, -0.2) is 9.67 Å². The number of ether oxygens (including phenoxy) is 1. The van der Waals surface area contributed by atoms with Crippen molar-refractivity contribution in [2.75, 3.05) is 19.8 Å². The molecule has 0 unspecified atom stereocenters. The first-order valence-electron chi connectivity index (χ1n) is 6.16. The third-order valence-electron chi connectivity index (χ3n) is 3.05. The number of nitrogens with zero attached hydrogens (tertiary/aromatic N) is 3. The number of hydrogen-bond acceptors (Lipinski definition) is 4. The molecule has 2 aromatic rings. The normalized spacial score (nSPS) is 19.9. The highest BCUT2D eigenvalue weighted by Crippen LogP contribution is 2.14. The highest BCUT2D eigenvalue weighted by atomic mass is 16.5. The molecule has 2 heterocycles. The lowest BCUT2D eigenvalue weighted by molar-refractivity contribution is 0.0728. The Hall–Kier alpha value is -1.72. The lowest BCUT2D eigenvalue weighted by Gasteiger charge is -2.23. The highest BCUT2D eigenvalue weighted by molar-refractivity contribution is 5.15. The van der Waals surface area contributed by atoms with Crippen LogP contribution >= 0.6 is 0 Å². The molecule has 5 heteroatoms. The van der Waals surface area contributed by atoms with E-state index in [-0.39, 0.29) is 6.04 Å². The summed E-state index contributed by atoms with van der Waals surface area (Å²) in [6, 6.07) is 10.4. The molecule has 0 aliphatic carbocycles. The molecule has 0 bridgehead atoms. The van der Waals surface area contributed by atoms with Crippen LogP contribution in [0.5, 0.6) is 0 Å². The molecule has 3 rings (SSSR count). The van der Waals surface area contributed by atoms with Gasteiger partial charge in [-0.2, -0.15) is 5.10 Å². The minimum Gasteiger partial charge on any atom is -0.378 e. The third kappa shape index (κ3) is 2.42. The maximum atomic E-state index is 5.47. The van der Waals surface area contributed by atoms with Crippen LogP contribution in [0, 0.1) is 0 Å². The molecule has 1 fully saturated rings. The summed E-state index contributed by atoms with van der Waals surface area (Å²) in [7, 11) is 0. The molecule has 1 N–H and O–H groups in total. The lowest BCUT2D eigenvalue weighted by atomic mass is 10.2. The SMILES string of the molecule is c1ccc(Cn2ncnc2[C@@H]2COCCN2)cc1. The first kappa shape index (κ1) is 11.4. The summed E-state index contributed by atoms with van der Waals surface area (Å²) in [4.78, 5) is 4.35. The van der Waals surface area contributed by atoms with Gasteiger partial charge in [0.25, 0.3) is 0 Å². The molecular formula is C13H16N4O. The van der Waals surface area contributed by atoms with Gasteiger partial charge in [0, 0.05) is 6.54 Å². The number of benzene rings is 1. The summed E-state index contributed by atoms with van der Waals surface area (Å²) in [6.45, 7) is 3.04. The summed E-state index contributed by atoms with van der Waals surface area (Å²) in [5.41, 5.74) is 1.22. The molecule has 1 aliphatic heterocycles. The standard InChI is InChI=1S/C13H16N4O/c1-2-4-11(5-3-1)8-17-13(15-10-16-17)12-9-18-7-6-14-12/h1-5,10,12,14H,6-9H2/t12-/m0/s1. The van der Waals surface area contributed by atoms with E-state index in [1.165, 1.54) is 5.56 Å². The van der Waals surface area contributed by atoms with Gasteiger partial charge in [-0.05, 0) is 5.56 Å². The van der Waals surface area contributed by atoms with Crippen LogP contribution in [0.3, 0.4) is 0 Å². The summed E-state index contributed by atoms with van der Waals surface area (Å²) in [6.07, 6.45) is 1.61. The lowest BCUT2D eigenvalue weighted by Crippen LogP contribution is -2.36. The van der Waals surface area contributed by atoms with Crippen molar-refractivity contribution >= 4 is 0 Å². The first-order valence-corrected chi connectivity index (χ1v) is 6.16. The highest BCUT2D eigenvalue weighted by Gasteiger charge is 2.20. The zero-order valence-electron chi connectivity index (χ0n) is 10.1. The van der Waals surface area contributed by atoms with Crippen LogP contribution in [0.25, 0.3) is 0 Å². The average Bonchev–Trinajstić information content (AvgIpc) is 2.89. The van der Waals surface area contributed by atoms with Crippen LogP contribution in [-0.2, 0) is 11.3 Å². The Bertz CT molecular complexity index is 491. The summed E-state index contributed by atoms with van der Waals surface area (Å²) in [5.74, 6) is 0.943. The molecule has 18 heavy (non-hydrogen) atoms. The van der Waals surface area contributed by atoms with Crippen LogP contribution < -0.4 is 5.32 Å². The molecule has 1 aliphatic rings. The maximum absolute atomic E-state index is 5.47. The average molecular weight is 244 g/mol. The molecule has 94 valence electrons. The second-order valence-corrected chi connectivity index (χ2v) is 4.34. The van der Waals surface area contributed by atoms with E-state index >= 15 is 0 Å². The van der Waals surface area contributed by atoms with Gasteiger partial charge in [0.1, 0.15) is 12.2 Å². The van der Waals surface area contributed by atoms with E-state index in [0.29, 0.717) is 6.61 Å². The van der Waals surface area contributed by atoms with Gasteiger partial charge in [-0.15, -0.1) is 0 Å². The first-order chi connectivity index (χ1) is 8.93. The molecule has 1 saturated heterocycles. The van der Waals surface area contributed by atoms with Crippen molar-refractivity contribution in [2.24, 2.45) is 0 Å². The van der Waals surface area contributed by atoms with Gasteiger partial charge in [-0.1, -0.05) is 30.3 Å². The van der Waals surface area contributed by atoms with E-state index in [0.717, 1.165) is 25.5 Å². The fourth-order valence-electron chi connectivity index (χ4n) is 2.15. The Morgan fingerprint density at radius 2 is 2.22 bits per heavy atom. The largest absolute Gasteiger partial charge is 0.378 e. The predicted octanol–water partition coefficient (Wildman–Crippen LogP) is 0.987. The smallest absolute Gasteiger partial charge is 0.146 e. The van der Waals surface area contributed by atoms with Gasteiger partial charge in [0.15, 0.2) is 0 Å². The van der Waals surface area contributed by atoms with E-state index in [1.807, 2.05) is 22.9 Å². The minimum absolute atomic E-state index is 0.143. The van der Waals surface area contributed by atoms with Crippen molar-refractivity contribution in [2.45, 2.75) is 12.6 Å². The number of morpholine rings is 1. The molecule has 0 spiro atoms. The zero-order valence-corrected chi connectivity index (χ0v) is 10.1. The quantitative estimate of drug-likeness (QED) is 0.874. The van der Waals surface area contributed by atoms with Crippen molar-refractivity contribution in [1.29, 1.82) is 0 Å². The van der Waals surface area contributed by atoms with Crippen molar-refractivity contribution in [3.8, 4) is 0 Å². The van der Waals surface area contributed by atoms with Crippen LogP contribution in [0.1, 0.15) is 17.4 Å². The molecule has 1 aromatic heterocycles. The fraction of sp³-hybridized carbons (Fsp3) is 0.385. The molecule has 1 aromatic carbocycles. The Balaban J connectivity index is 1.78. The summed E-state index contributed by atoms with van der Waals surface area (Å²) >= 11 is 0. The van der Waals surface area contributed by atoms with Crippen LogP contribution in [0.4, 0.5) is 0 Å². The second-order valence-electron chi connectivity index (χ2n) is 4.34. The van der Waals surface area contributed by atoms with Crippen molar-refractivity contribution in [3.63, 3.8) is 0 Å². The minimum atomic E-state index is 0.143.